The van der Waals surface area contributed by atoms with Gasteiger partial charge in [-0.25, -0.2) is 4.98 Å². The minimum Gasteiger partial charge on any atom is -0.352 e. The van der Waals surface area contributed by atoms with E-state index >= 15 is 0 Å². The first-order valence-electron chi connectivity index (χ1n) is 6.34. The van der Waals surface area contributed by atoms with Crippen LogP contribution in [0.5, 0.6) is 0 Å². The van der Waals surface area contributed by atoms with Gasteiger partial charge < -0.3 is 4.90 Å². The van der Waals surface area contributed by atoms with Gasteiger partial charge in [-0.3, -0.25) is 14.8 Å². The lowest BCUT2D eigenvalue weighted by molar-refractivity contribution is -0.385. The first-order valence-corrected chi connectivity index (χ1v) is 6.34. The van der Waals surface area contributed by atoms with Crippen LogP contribution in [0, 0.1) is 17.0 Å². The number of nitrogens with zero attached hydrogens (tertiary/aromatic N) is 5. The van der Waals surface area contributed by atoms with E-state index in [4.69, 9.17) is 0 Å². The molecule has 106 valence electrons. The Morgan fingerprint density at radius 2 is 2.20 bits per heavy atom. The van der Waals surface area contributed by atoms with Gasteiger partial charge in [-0.15, -0.1) is 0 Å². The number of hydrogen-bond donors (Lipinski definition) is 0. The summed E-state index contributed by atoms with van der Waals surface area (Å²) in [5, 5.41) is 14.9. The Labute approximate surface area is 117 Å². The Kier molecular flexibility index (Phi) is 3.97. The molecular weight excluding hydrogens is 258 g/mol. The van der Waals surface area contributed by atoms with Crippen LogP contribution < -0.4 is 4.90 Å². The Bertz CT molecular complexity index is 623. The molecular formula is C13H17N5O2. The molecule has 0 saturated heterocycles. The second-order valence-electron chi connectivity index (χ2n) is 4.62. The SMILES string of the molecule is CCN(Cc1cnn(C)c1)c1cc(C)c([N+](=O)[O-])cn1. The zero-order valence-electron chi connectivity index (χ0n) is 11.8. The van der Waals surface area contributed by atoms with Gasteiger partial charge in [0.05, 0.1) is 11.1 Å². The van der Waals surface area contributed by atoms with Gasteiger partial charge in [-0.05, 0) is 19.9 Å². The largest absolute Gasteiger partial charge is 0.352 e. The van der Waals surface area contributed by atoms with Crippen molar-refractivity contribution in [2.45, 2.75) is 20.4 Å². The van der Waals surface area contributed by atoms with Crippen LogP contribution in [0.15, 0.2) is 24.7 Å². The average molecular weight is 275 g/mol. The number of anilines is 1. The van der Waals surface area contributed by atoms with Crippen LogP contribution in [0.25, 0.3) is 0 Å². The van der Waals surface area contributed by atoms with Gasteiger partial charge in [0.15, 0.2) is 0 Å². The predicted octanol–water partition coefficient (Wildman–Crippen LogP) is 2.06. The molecule has 0 aliphatic heterocycles. The highest BCUT2D eigenvalue weighted by molar-refractivity contribution is 5.48. The summed E-state index contributed by atoms with van der Waals surface area (Å²) in [5.74, 6) is 0.736. The molecule has 7 nitrogen and oxygen atoms in total. The fourth-order valence-corrected chi connectivity index (χ4v) is 2.03. The fourth-order valence-electron chi connectivity index (χ4n) is 2.03. The van der Waals surface area contributed by atoms with Crippen molar-refractivity contribution in [1.82, 2.24) is 14.8 Å². The molecule has 0 unspecified atom stereocenters. The molecule has 0 saturated carbocycles. The van der Waals surface area contributed by atoms with Gasteiger partial charge in [0.2, 0.25) is 0 Å². The van der Waals surface area contributed by atoms with Crippen molar-refractivity contribution in [2.24, 2.45) is 7.05 Å². The summed E-state index contributed by atoms with van der Waals surface area (Å²) in [7, 11) is 1.87. The number of pyridine rings is 1. The summed E-state index contributed by atoms with van der Waals surface area (Å²) < 4.78 is 1.75. The van der Waals surface area contributed by atoms with Crippen molar-refractivity contribution >= 4 is 11.5 Å². The van der Waals surface area contributed by atoms with Gasteiger partial charge in [0.1, 0.15) is 12.0 Å². The third-order valence-electron chi connectivity index (χ3n) is 3.10. The van der Waals surface area contributed by atoms with Crippen LogP contribution in [0.3, 0.4) is 0 Å². The maximum Gasteiger partial charge on any atom is 0.290 e. The molecule has 2 rings (SSSR count). The molecule has 0 N–H and O–H groups in total. The maximum absolute atomic E-state index is 10.8. The second-order valence-corrected chi connectivity index (χ2v) is 4.62. The average Bonchev–Trinajstić information content (AvgIpc) is 2.81. The molecule has 0 atom stereocenters. The molecule has 0 bridgehead atoms. The highest BCUT2D eigenvalue weighted by Gasteiger charge is 2.14. The first-order chi connectivity index (χ1) is 9.51. The summed E-state index contributed by atoms with van der Waals surface area (Å²) in [5.41, 5.74) is 1.74. The highest BCUT2D eigenvalue weighted by Crippen LogP contribution is 2.22. The highest BCUT2D eigenvalue weighted by atomic mass is 16.6. The minimum atomic E-state index is -0.413. The molecule has 20 heavy (non-hydrogen) atoms. The van der Waals surface area contributed by atoms with E-state index < -0.39 is 4.92 Å². The second kappa shape index (κ2) is 5.68. The summed E-state index contributed by atoms with van der Waals surface area (Å²) in [6, 6.07) is 1.75. The Balaban J connectivity index is 2.23. The molecule has 0 radical (unpaired) electrons. The quantitative estimate of drug-likeness (QED) is 0.616. The van der Waals surface area contributed by atoms with E-state index in [0.717, 1.165) is 17.9 Å². The van der Waals surface area contributed by atoms with Gasteiger partial charge in [-0.2, -0.15) is 5.10 Å². The summed E-state index contributed by atoms with van der Waals surface area (Å²) in [6.07, 6.45) is 5.07. The van der Waals surface area contributed by atoms with Crippen LogP contribution in [-0.2, 0) is 13.6 Å². The van der Waals surface area contributed by atoms with E-state index in [0.29, 0.717) is 12.1 Å². The standard InChI is InChI=1S/C13H17N5O2/c1-4-17(9-11-6-15-16(3)8-11)13-5-10(2)12(7-14-13)18(19)20/h5-8H,4,9H2,1-3H3. The van der Waals surface area contributed by atoms with E-state index in [2.05, 4.69) is 10.1 Å². The normalized spacial score (nSPS) is 10.6. The van der Waals surface area contributed by atoms with Gasteiger partial charge in [0.25, 0.3) is 5.69 Å². The molecule has 0 aliphatic rings. The van der Waals surface area contributed by atoms with Crippen molar-refractivity contribution in [3.8, 4) is 0 Å². The predicted molar refractivity (Wildman–Crippen MR) is 75.6 cm³/mol. The molecule has 0 fully saturated rings. The molecule has 7 heteroatoms. The molecule has 2 aromatic rings. The van der Waals surface area contributed by atoms with Crippen molar-refractivity contribution in [3.05, 3.63) is 45.9 Å². The van der Waals surface area contributed by atoms with Crippen molar-refractivity contribution in [1.29, 1.82) is 0 Å². The third kappa shape index (κ3) is 2.93. The van der Waals surface area contributed by atoms with Crippen LogP contribution in [0.4, 0.5) is 11.5 Å². The minimum absolute atomic E-state index is 0.0474. The summed E-state index contributed by atoms with van der Waals surface area (Å²) in [6.45, 7) is 5.18. The smallest absolute Gasteiger partial charge is 0.290 e. The lowest BCUT2D eigenvalue weighted by atomic mass is 10.2. The van der Waals surface area contributed by atoms with Crippen LogP contribution in [0.1, 0.15) is 18.1 Å². The lowest BCUT2D eigenvalue weighted by Crippen LogP contribution is -2.23. The fraction of sp³-hybridized carbons (Fsp3) is 0.385. The van der Waals surface area contributed by atoms with Crippen molar-refractivity contribution in [2.75, 3.05) is 11.4 Å². The van der Waals surface area contributed by atoms with Crippen LogP contribution in [-0.4, -0.2) is 26.2 Å². The number of aryl methyl sites for hydroxylation is 2. The van der Waals surface area contributed by atoms with Crippen LogP contribution >= 0.6 is 0 Å². The van der Waals surface area contributed by atoms with Gasteiger partial charge in [0, 0.05) is 37.5 Å². The molecule has 0 spiro atoms. The van der Waals surface area contributed by atoms with Crippen molar-refractivity contribution in [3.63, 3.8) is 0 Å². The topological polar surface area (TPSA) is 77.1 Å². The van der Waals surface area contributed by atoms with Crippen molar-refractivity contribution < 1.29 is 4.92 Å². The molecule has 0 amide bonds. The van der Waals surface area contributed by atoms with Gasteiger partial charge >= 0.3 is 0 Å². The van der Waals surface area contributed by atoms with E-state index in [-0.39, 0.29) is 5.69 Å². The first kappa shape index (κ1) is 14.0. The van der Waals surface area contributed by atoms with E-state index in [1.54, 1.807) is 23.9 Å². The summed E-state index contributed by atoms with van der Waals surface area (Å²) >= 11 is 0. The Hall–Kier alpha value is -2.44. The molecule has 2 aromatic heterocycles. The Morgan fingerprint density at radius 1 is 1.45 bits per heavy atom. The van der Waals surface area contributed by atoms with E-state index in [9.17, 15) is 10.1 Å². The monoisotopic (exact) mass is 275 g/mol. The van der Waals surface area contributed by atoms with Crippen LogP contribution in [0.2, 0.25) is 0 Å². The third-order valence-corrected chi connectivity index (χ3v) is 3.10. The molecule has 0 aromatic carbocycles. The molecule has 2 heterocycles. The molecule has 0 aliphatic carbocycles. The Morgan fingerprint density at radius 3 is 2.70 bits per heavy atom. The maximum atomic E-state index is 10.8. The van der Waals surface area contributed by atoms with E-state index in [1.807, 2.05) is 25.1 Å². The zero-order valence-corrected chi connectivity index (χ0v) is 11.8. The number of hydrogen-bond acceptors (Lipinski definition) is 5. The number of rotatable bonds is 5. The lowest BCUT2D eigenvalue weighted by Gasteiger charge is -2.21. The van der Waals surface area contributed by atoms with Gasteiger partial charge in [-0.1, -0.05) is 0 Å². The van der Waals surface area contributed by atoms with E-state index in [1.165, 1.54) is 6.20 Å². The zero-order chi connectivity index (χ0) is 14.7. The number of nitro groups is 1. The summed E-state index contributed by atoms with van der Waals surface area (Å²) in [4.78, 5) is 16.6. The number of aromatic nitrogens is 3.